The molecule has 0 aliphatic heterocycles. The normalized spacial score (nSPS) is 11.9. The van der Waals surface area contributed by atoms with E-state index in [4.69, 9.17) is 15.2 Å². The van der Waals surface area contributed by atoms with Gasteiger partial charge in [-0.1, -0.05) is 24.3 Å². The topological polar surface area (TPSA) is 57.4 Å². The van der Waals surface area contributed by atoms with Crippen LogP contribution in [0.15, 0.2) is 42.6 Å². The molecular formula is C14H16N2O2. The van der Waals surface area contributed by atoms with Crippen LogP contribution in [0.5, 0.6) is 11.6 Å². The van der Waals surface area contributed by atoms with Crippen LogP contribution in [0, 0.1) is 0 Å². The highest BCUT2D eigenvalue weighted by molar-refractivity contribution is 5.43. The van der Waals surface area contributed by atoms with Crippen LogP contribution in [-0.2, 0) is 0 Å². The third-order valence-corrected chi connectivity index (χ3v) is 2.80. The van der Waals surface area contributed by atoms with Crippen LogP contribution < -0.4 is 15.2 Å². The molecule has 2 rings (SSSR count). The summed E-state index contributed by atoms with van der Waals surface area (Å²) in [6, 6.07) is 11.1. The van der Waals surface area contributed by atoms with Gasteiger partial charge in [-0.3, -0.25) is 0 Å². The molecule has 4 nitrogen and oxygen atoms in total. The van der Waals surface area contributed by atoms with Crippen molar-refractivity contribution >= 4 is 0 Å². The fourth-order valence-corrected chi connectivity index (χ4v) is 1.90. The summed E-state index contributed by atoms with van der Waals surface area (Å²) in [6.45, 7) is 0. The van der Waals surface area contributed by atoms with Gasteiger partial charge < -0.3 is 15.2 Å². The van der Waals surface area contributed by atoms with E-state index >= 15 is 0 Å². The summed E-state index contributed by atoms with van der Waals surface area (Å²) in [7, 11) is 3.22. The molecule has 0 radical (unpaired) electrons. The van der Waals surface area contributed by atoms with E-state index in [0.717, 1.165) is 16.9 Å². The number of hydrogen-bond donors (Lipinski definition) is 1. The van der Waals surface area contributed by atoms with E-state index < -0.39 is 0 Å². The number of nitrogens with zero attached hydrogens (tertiary/aromatic N) is 1. The fourth-order valence-electron chi connectivity index (χ4n) is 1.90. The zero-order valence-electron chi connectivity index (χ0n) is 10.5. The van der Waals surface area contributed by atoms with E-state index in [9.17, 15) is 0 Å². The molecule has 0 saturated carbocycles. The second-order valence-electron chi connectivity index (χ2n) is 3.82. The zero-order valence-corrected chi connectivity index (χ0v) is 10.5. The van der Waals surface area contributed by atoms with Gasteiger partial charge >= 0.3 is 0 Å². The van der Waals surface area contributed by atoms with Crippen LogP contribution in [0.2, 0.25) is 0 Å². The van der Waals surface area contributed by atoms with Gasteiger partial charge in [-0.2, -0.15) is 0 Å². The first-order valence-corrected chi connectivity index (χ1v) is 5.65. The lowest BCUT2D eigenvalue weighted by atomic mass is 10.00. The third-order valence-electron chi connectivity index (χ3n) is 2.80. The molecule has 0 fully saturated rings. The molecule has 0 aliphatic carbocycles. The molecule has 1 heterocycles. The second-order valence-corrected chi connectivity index (χ2v) is 3.82. The number of ether oxygens (including phenoxy) is 2. The molecule has 1 aromatic heterocycles. The second kappa shape index (κ2) is 5.51. The van der Waals surface area contributed by atoms with Crippen LogP contribution >= 0.6 is 0 Å². The molecule has 0 bridgehead atoms. The Balaban J connectivity index is 2.44. The number of methoxy groups -OCH3 is 2. The molecule has 0 aliphatic rings. The van der Waals surface area contributed by atoms with Gasteiger partial charge in [0.15, 0.2) is 0 Å². The van der Waals surface area contributed by atoms with Crippen LogP contribution in [0.1, 0.15) is 17.2 Å². The number of nitrogens with two attached hydrogens (primary N) is 1. The zero-order chi connectivity index (χ0) is 13.0. The lowest BCUT2D eigenvalue weighted by Gasteiger charge is -2.17. The molecule has 2 N–H and O–H groups in total. The maximum Gasteiger partial charge on any atom is 0.218 e. The van der Waals surface area contributed by atoms with Gasteiger partial charge in [-0.05, 0) is 12.1 Å². The number of hydrogen-bond acceptors (Lipinski definition) is 4. The van der Waals surface area contributed by atoms with E-state index in [1.165, 1.54) is 0 Å². The first kappa shape index (κ1) is 12.4. The summed E-state index contributed by atoms with van der Waals surface area (Å²) in [6.07, 6.45) is 1.68. The van der Waals surface area contributed by atoms with Crippen LogP contribution in [-0.4, -0.2) is 19.2 Å². The molecule has 0 amide bonds. The summed E-state index contributed by atoms with van der Waals surface area (Å²) in [5.41, 5.74) is 8.02. The highest BCUT2D eigenvalue weighted by atomic mass is 16.5. The SMILES string of the molecule is COc1ccccc1C(N)c1cccnc1OC. The standard InChI is InChI=1S/C14H16N2O2/c1-17-12-8-4-3-6-10(12)13(15)11-7-5-9-16-14(11)18-2/h3-9,13H,15H2,1-2H3. The Morgan fingerprint density at radius 3 is 2.44 bits per heavy atom. The number of pyridine rings is 1. The summed E-state index contributed by atoms with van der Waals surface area (Å²) >= 11 is 0. The maximum absolute atomic E-state index is 6.27. The van der Waals surface area contributed by atoms with E-state index in [1.807, 2.05) is 36.4 Å². The molecule has 18 heavy (non-hydrogen) atoms. The number of benzene rings is 1. The first-order valence-electron chi connectivity index (χ1n) is 5.65. The summed E-state index contributed by atoms with van der Waals surface area (Å²) < 4.78 is 10.5. The predicted molar refractivity (Wildman–Crippen MR) is 69.8 cm³/mol. The molecule has 0 spiro atoms. The highest BCUT2D eigenvalue weighted by Crippen LogP contribution is 2.31. The average Bonchev–Trinajstić information content (AvgIpc) is 2.46. The van der Waals surface area contributed by atoms with Gasteiger partial charge in [-0.15, -0.1) is 0 Å². The Bertz CT molecular complexity index is 481. The summed E-state index contributed by atoms with van der Waals surface area (Å²) in [5, 5.41) is 0. The van der Waals surface area contributed by atoms with E-state index in [1.54, 1.807) is 20.4 Å². The molecule has 94 valence electrons. The van der Waals surface area contributed by atoms with Crippen molar-refractivity contribution in [2.45, 2.75) is 6.04 Å². The molecule has 1 unspecified atom stereocenters. The minimum absolute atomic E-state index is 0.329. The first-order chi connectivity index (χ1) is 8.77. The van der Waals surface area contributed by atoms with Crippen molar-refractivity contribution in [2.75, 3.05) is 14.2 Å². The smallest absolute Gasteiger partial charge is 0.218 e. The minimum Gasteiger partial charge on any atom is -0.496 e. The molecule has 4 heteroatoms. The maximum atomic E-state index is 6.27. The fraction of sp³-hybridized carbons (Fsp3) is 0.214. The van der Waals surface area contributed by atoms with Gasteiger partial charge in [-0.25, -0.2) is 4.98 Å². The Morgan fingerprint density at radius 1 is 1.00 bits per heavy atom. The van der Waals surface area contributed by atoms with Gasteiger partial charge in [0.2, 0.25) is 5.88 Å². The summed E-state index contributed by atoms with van der Waals surface area (Å²) in [5.74, 6) is 1.30. The van der Waals surface area contributed by atoms with Gasteiger partial charge in [0.25, 0.3) is 0 Å². The molecule has 1 aromatic carbocycles. The van der Waals surface area contributed by atoms with Crippen molar-refractivity contribution in [3.63, 3.8) is 0 Å². The quantitative estimate of drug-likeness (QED) is 0.895. The van der Waals surface area contributed by atoms with Crippen LogP contribution in [0.3, 0.4) is 0 Å². The Hall–Kier alpha value is -2.07. The lowest BCUT2D eigenvalue weighted by Crippen LogP contribution is -2.14. The van der Waals surface area contributed by atoms with Crippen molar-refractivity contribution < 1.29 is 9.47 Å². The Kier molecular flexibility index (Phi) is 3.79. The van der Waals surface area contributed by atoms with Crippen molar-refractivity contribution in [3.05, 3.63) is 53.7 Å². The van der Waals surface area contributed by atoms with Gasteiger partial charge in [0, 0.05) is 17.3 Å². The number of aromatic nitrogens is 1. The Morgan fingerprint density at radius 2 is 1.72 bits per heavy atom. The van der Waals surface area contributed by atoms with Gasteiger partial charge in [0.05, 0.1) is 20.3 Å². The van der Waals surface area contributed by atoms with Crippen molar-refractivity contribution in [1.82, 2.24) is 4.98 Å². The van der Waals surface area contributed by atoms with Crippen LogP contribution in [0.4, 0.5) is 0 Å². The number of rotatable bonds is 4. The summed E-state index contributed by atoms with van der Waals surface area (Å²) in [4.78, 5) is 4.16. The third kappa shape index (κ3) is 2.28. The van der Waals surface area contributed by atoms with E-state index in [2.05, 4.69) is 4.98 Å². The molecular weight excluding hydrogens is 228 g/mol. The Labute approximate surface area is 106 Å². The lowest BCUT2D eigenvalue weighted by molar-refractivity contribution is 0.388. The largest absolute Gasteiger partial charge is 0.496 e. The van der Waals surface area contributed by atoms with Gasteiger partial charge in [0.1, 0.15) is 5.75 Å². The van der Waals surface area contributed by atoms with Crippen molar-refractivity contribution in [2.24, 2.45) is 5.73 Å². The highest BCUT2D eigenvalue weighted by Gasteiger charge is 2.17. The number of para-hydroxylation sites is 1. The molecule has 0 saturated heterocycles. The molecule has 1 atom stereocenters. The van der Waals surface area contributed by atoms with Crippen molar-refractivity contribution in [1.29, 1.82) is 0 Å². The van der Waals surface area contributed by atoms with Crippen LogP contribution in [0.25, 0.3) is 0 Å². The van der Waals surface area contributed by atoms with E-state index in [-0.39, 0.29) is 6.04 Å². The van der Waals surface area contributed by atoms with E-state index in [0.29, 0.717) is 5.88 Å². The predicted octanol–water partition coefficient (Wildman–Crippen LogP) is 2.15. The monoisotopic (exact) mass is 244 g/mol. The van der Waals surface area contributed by atoms with Crippen molar-refractivity contribution in [3.8, 4) is 11.6 Å². The average molecular weight is 244 g/mol. The molecule has 2 aromatic rings. The minimum atomic E-state index is -0.329.